The number of fused-ring (bicyclic) bond motifs is 7. The summed E-state index contributed by atoms with van der Waals surface area (Å²) in [5, 5.41) is 4.93. The van der Waals surface area contributed by atoms with Gasteiger partial charge in [-0.2, -0.15) is 0 Å². The Morgan fingerprint density at radius 3 is 1.71 bits per heavy atom. The van der Waals surface area contributed by atoms with Gasteiger partial charge in [-0.3, -0.25) is 0 Å². The highest BCUT2D eigenvalue weighted by molar-refractivity contribution is 6.22. The van der Waals surface area contributed by atoms with Crippen LogP contribution in [-0.4, -0.2) is 4.57 Å². The maximum Gasteiger partial charge on any atom is 0.132 e. The van der Waals surface area contributed by atoms with E-state index in [1.165, 1.54) is 49.3 Å². The van der Waals surface area contributed by atoms with E-state index in [4.69, 9.17) is 4.74 Å². The maximum absolute atomic E-state index is 6.73. The van der Waals surface area contributed by atoms with Crippen LogP contribution >= 0.6 is 0 Å². The summed E-state index contributed by atoms with van der Waals surface area (Å²) in [5.41, 5.74) is 10.1. The van der Waals surface area contributed by atoms with Crippen LogP contribution in [0.2, 0.25) is 0 Å². The lowest BCUT2D eigenvalue weighted by molar-refractivity contribution is 0.434. The summed E-state index contributed by atoms with van der Waals surface area (Å²) in [6.45, 7) is 0. The first-order valence-corrected chi connectivity index (χ1v) is 16.9. The zero-order valence-corrected chi connectivity index (χ0v) is 26.8. The average molecular weight is 626 g/mol. The van der Waals surface area contributed by atoms with Crippen molar-refractivity contribution in [3.8, 4) is 28.3 Å². The Kier molecular flexibility index (Phi) is 6.13. The van der Waals surface area contributed by atoms with Gasteiger partial charge in [-0.05, 0) is 70.1 Å². The minimum atomic E-state index is -0.577. The van der Waals surface area contributed by atoms with Crippen molar-refractivity contribution in [2.75, 3.05) is 0 Å². The minimum absolute atomic E-state index is 0.577. The van der Waals surface area contributed by atoms with Gasteiger partial charge in [0.2, 0.25) is 0 Å². The summed E-state index contributed by atoms with van der Waals surface area (Å²) in [6.07, 6.45) is 0. The first-order valence-electron chi connectivity index (χ1n) is 16.9. The van der Waals surface area contributed by atoms with Gasteiger partial charge >= 0.3 is 0 Å². The van der Waals surface area contributed by atoms with E-state index in [1.54, 1.807) is 0 Å². The standard InChI is InChI=1S/C47H31NO/c1-4-16-33(17-5-1)47(34-18-6-2-7-19-34)41-25-13-15-27-44(41)49-45-29-28-32(30-42(45)47)39-31-40-37-23-12-14-26-43(37)48(35-20-8-3-9-21-35)46(40)38-24-11-10-22-36(38)39/h1-31H. The Balaban J connectivity index is 1.31. The molecule has 230 valence electrons. The number of hydrogen-bond donors (Lipinski definition) is 0. The van der Waals surface area contributed by atoms with Crippen molar-refractivity contribution in [3.05, 3.63) is 210 Å². The summed E-state index contributed by atoms with van der Waals surface area (Å²) in [4.78, 5) is 0. The number of rotatable bonds is 4. The van der Waals surface area contributed by atoms with E-state index in [9.17, 15) is 0 Å². The summed E-state index contributed by atoms with van der Waals surface area (Å²) in [7, 11) is 0. The molecule has 10 rings (SSSR count). The predicted molar refractivity (Wildman–Crippen MR) is 202 cm³/mol. The van der Waals surface area contributed by atoms with E-state index in [2.05, 4.69) is 193 Å². The normalized spacial score (nSPS) is 13.2. The highest BCUT2D eigenvalue weighted by Gasteiger charge is 2.45. The van der Waals surface area contributed by atoms with Crippen molar-refractivity contribution >= 4 is 32.6 Å². The van der Waals surface area contributed by atoms with Gasteiger partial charge in [0.05, 0.1) is 16.4 Å². The molecular formula is C47H31NO. The van der Waals surface area contributed by atoms with Crippen molar-refractivity contribution in [1.29, 1.82) is 0 Å². The van der Waals surface area contributed by atoms with Gasteiger partial charge in [-0.15, -0.1) is 0 Å². The van der Waals surface area contributed by atoms with Crippen LogP contribution in [0.25, 0.3) is 49.4 Å². The van der Waals surface area contributed by atoms with E-state index in [0.717, 1.165) is 33.9 Å². The molecular weight excluding hydrogens is 595 g/mol. The third-order valence-electron chi connectivity index (χ3n) is 10.3. The highest BCUT2D eigenvalue weighted by Crippen LogP contribution is 2.56. The Bertz CT molecular complexity index is 2630. The second-order valence-electron chi connectivity index (χ2n) is 12.8. The molecule has 0 atom stereocenters. The number of nitrogens with zero attached hydrogens (tertiary/aromatic N) is 1. The van der Waals surface area contributed by atoms with Crippen LogP contribution in [0.15, 0.2) is 188 Å². The highest BCUT2D eigenvalue weighted by atomic mass is 16.5. The number of ether oxygens (including phenoxy) is 1. The molecule has 49 heavy (non-hydrogen) atoms. The van der Waals surface area contributed by atoms with Crippen LogP contribution < -0.4 is 4.74 Å². The molecule has 0 saturated heterocycles. The van der Waals surface area contributed by atoms with Crippen molar-refractivity contribution in [2.24, 2.45) is 0 Å². The SMILES string of the molecule is c1ccc(-n2c3ccccc3c3cc(-c4ccc5c(c4)C(c4ccccc4)(c4ccccc4)c4ccccc4O5)c4ccccc4c32)cc1. The second-order valence-corrected chi connectivity index (χ2v) is 12.8. The first-order chi connectivity index (χ1) is 24.3. The van der Waals surface area contributed by atoms with Gasteiger partial charge < -0.3 is 9.30 Å². The quantitative estimate of drug-likeness (QED) is 0.190. The summed E-state index contributed by atoms with van der Waals surface area (Å²) in [5.74, 6) is 1.76. The van der Waals surface area contributed by atoms with Crippen LogP contribution in [0, 0.1) is 0 Å². The van der Waals surface area contributed by atoms with Crippen LogP contribution in [0.1, 0.15) is 22.3 Å². The molecule has 0 fully saturated rings. The molecule has 1 aromatic heterocycles. The average Bonchev–Trinajstić information content (AvgIpc) is 3.52. The molecule has 0 bridgehead atoms. The number of aromatic nitrogens is 1. The molecule has 0 radical (unpaired) electrons. The largest absolute Gasteiger partial charge is 0.457 e. The Morgan fingerprint density at radius 1 is 0.408 bits per heavy atom. The molecule has 1 aliphatic heterocycles. The maximum atomic E-state index is 6.73. The molecule has 2 nitrogen and oxygen atoms in total. The predicted octanol–water partition coefficient (Wildman–Crippen LogP) is 12.1. The van der Waals surface area contributed by atoms with Crippen molar-refractivity contribution in [3.63, 3.8) is 0 Å². The Morgan fingerprint density at radius 2 is 0.980 bits per heavy atom. The zero-order valence-electron chi connectivity index (χ0n) is 26.8. The second kappa shape index (κ2) is 10.8. The Hall–Kier alpha value is -6.38. The minimum Gasteiger partial charge on any atom is -0.457 e. The lowest BCUT2D eigenvalue weighted by Crippen LogP contribution is -2.34. The van der Waals surface area contributed by atoms with Gasteiger partial charge in [-0.25, -0.2) is 0 Å². The lowest BCUT2D eigenvalue weighted by atomic mass is 9.63. The fourth-order valence-corrected chi connectivity index (χ4v) is 8.28. The van der Waals surface area contributed by atoms with Crippen LogP contribution in [0.5, 0.6) is 11.5 Å². The molecule has 0 spiro atoms. The van der Waals surface area contributed by atoms with Crippen molar-refractivity contribution in [1.82, 2.24) is 4.57 Å². The summed E-state index contributed by atoms with van der Waals surface area (Å²) >= 11 is 0. The molecule has 0 aliphatic carbocycles. The zero-order chi connectivity index (χ0) is 32.4. The van der Waals surface area contributed by atoms with E-state index < -0.39 is 5.41 Å². The van der Waals surface area contributed by atoms with Gasteiger partial charge in [-0.1, -0.05) is 146 Å². The molecule has 0 saturated carbocycles. The topological polar surface area (TPSA) is 14.2 Å². The Labute approximate surface area is 285 Å². The van der Waals surface area contributed by atoms with Crippen LogP contribution in [0.4, 0.5) is 0 Å². The van der Waals surface area contributed by atoms with E-state index >= 15 is 0 Å². The number of para-hydroxylation sites is 3. The fourth-order valence-electron chi connectivity index (χ4n) is 8.28. The number of benzene rings is 8. The van der Waals surface area contributed by atoms with Gasteiger partial charge in [0.1, 0.15) is 11.5 Å². The third kappa shape index (κ3) is 4.01. The molecule has 2 heterocycles. The van der Waals surface area contributed by atoms with Crippen LogP contribution in [-0.2, 0) is 5.41 Å². The van der Waals surface area contributed by atoms with Gasteiger partial charge in [0.15, 0.2) is 0 Å². The van der Waals surface area contributed by atoms with Gasteiger partial charge in [0, 0.05) is 33.0 Å². The van der Waals surface area contributed by atoms with Crippen LogP contribution in [0.3, 0.4) is 0 Å². The molecule has 8 aromatic carbocycles. The van der Waals surface area contributed by atoms with Crippen molar-refractivity contribution < 1.29 is 4.74 Å². The van der Waals surface area contributed by atoms with E-state index in [0.29, 0.717) is 0 Å². The summed E-state index contributed by atoms with van der Waals surface area (Å²) < 4.78 is 9.15. The molecule has 0 amide bonds. The molecule has 0 unspecified atom stereocenters. The third-order valence-corrected chi connectivity index (χ3v) is 10.3. The van der Waals surface area contributed by atoms with Gasteiger partial charge in [0.25, 0.3) is 0 Å². The number of hydrogen-bond acceptors (Lipinski definition) is 1. The molecule has 9 aromatic rings. The molecule has 2 heteroatoms. The van der Waals surface area contributed by atoms with E-state index in [-0.39, 0.29) is 0 Å². The first kappa shape index (κ1) is 27.7. The lowest BCUT2D eigenvalue weighted by Gasteiger charge is -2.41. The summed E-state index contributed by atoms with van der Waals surface area (Å²) in [6, 6.07) is 67.8. The molecule has 0 N–H and O–H groups in total. The monoisotopic (exact) mass is 625 g/mol. The van der Waals surface area contributed by atoms with E-state index in [1.807, 2.05) is 0 Å². The van der Waals surface area contributed by atoms with Crippen molar-refractivity contribution in [2.45, 2.75) is 5.41 Å². The molecule has 1 aliphatic rings. The smallest absolute Gasteiger partial charge is 0.132 e. The fraction of sp³-hybridized carbons (Fsp3) is 0.0213.